The van der Waals surface area contributed by atoms with Gasteiger partial charge in [-0.2, -0.15) is 5.10 Å². The molecular formula is C47H49F2N9O7. The number of anilines is 4. The maximum Gasteiger partial charge on any atom is 0.265 e. The van der Waals surface area contributed by atoms with Crippen LogP contribution in [-0.2, 0) is 43.9 Å². The molecule has 16 nitrogen and oxygen atoms in total. The van der Waals surface area contributed by atoms with Crippen LogP contribution in [0.4, 0.5) is 31.7 Å². The molecule has 0 radical (unpaired) electrons. The number of carbonyl (C=O) groups is 5. The van der Waals surface area contributed by atoms with E-state index in [1.807, 2.05) is 21.9 Å². The normalized spacial score (nSPS) is 21.7. The lowest BCUT2D eigenvalue weighted by Crippen LogP contribution is -2.61. The Bertz CT molecular complexity index is 2660. The molecule has 65 heavy (non-hydrogen) atoms. The van der Waals surface area contributed by atoms with Crippen molar-refractivity contribution in [3.05, 3.63) is 87.9 Å². The van der Waals surface area contributed by atoms with E-state index in [1.165, 1.54) is 12.1 Å². The fourth-order valence-electron chi connectivity index (χ4n) is 11.2. The van der Waals surface area contributed by atoms with Crippen molar-refractivity contribution in [1.82, 2.24) is 34.8 Å². The number of piperidine rings is 1. The first kappa shape index (κ1) is 41.4. The standard InChI is InChI=1S/C47H49F2N9O7/c1-27(59)54-14-9-36-34(23-54)43(52-58(36)29-10-16-64-17-11-29)55-13-2-3-28-19-39(33(42(48)49)21-38(28)55)56-26-47(35-8-12-50-22-40(35)56)24-53(25-47)15-18-65-30-4-5-31-32(20-30)46(63)57(45(31)62)37-6-7-41(60)51-44(37)61/h4-5,8,12,19-22,29,37,42H,2-3,6-7,9-11,13-18,23-26H2,1H3,(H,51,60,61). The Labute approximate surface area is 373 Å². The molecular weight excluding hydrogens is 841 g/mol. The Morgan fingerprint density at radius 3 is 2.52 bits per heavy atom. The zero-order valence-electron chi connectivity index (χ0n) is 36.1. The lowest BCUT2D eigenvalue weighted by molar-refractivity contribution is -0.136. The van der Waals surface area contributed by atoms with Gasteiger partial charge in [-0.05, 0) is 79.6 Å². The van der Waals surface area contributed by atoms with Gasteiger partial charge in [0.1, 0.15) is 18.4 Å². The molecule has 1 N–H and O–H groups in total. The van der Waals surface area contributed by atoms with Crippen LogP contribution in [0.2, 0.25) is 0 Å². The predicted molar refractivity (Wildman–Crippen MR) is 231 cm³/mol. The highest BCUT2D eigenvalue weighted by molar-refractivity contribution is 6.23. The van der Waals surface area contributed by atoms with Crippen molar-refractivity contribution in [3.63, 3.8) is 0 Å². The summed E-state index contributed by atoms with van der Waals surface area (Å²) in [5.41, 5.74) is 6.13. The highest BCUT2D eigenvalue weighted by Gasteiger charge is 2.52. The van der Waals surface area contributed by atoms with Gasteiger partial charge in [0, 0.05) is 106 Å². The summed E-state index contributed by atoms with van der Waals surface area (Å²) in [5, 5.41) is 7.45. The van der Waals surface area contributed by atoms with Crippen molar-refractivity contribution in [2.45, 2.75) is 82.3 Å². The Hall–Kier alpha value is -6.27. The quantitative estimate of drug-likeness (QED) is 0.230. The molecule has 11 rings (SSSR count). The Morgan fingerprint density at radius 1 is 0.923 bits per heavy atom. The fraction of sp³-hybridized carbons (Fsp3) is 0.468. The molecule has 0 aliphatic carbocycles. The first-order valence-corrected chi connectivity index (χ1v) is 22.6. The van der Waals surface area contributed by atoms with E-state index in [1.54, 1.807) is 31.5 Å². The molecule has 3 saturated heterocycles. The topological polar surface area (TPSA) is 163 Å². The second kappa shape index (κ2) is 16.0. The molecule has 5 amide bonds. The van der Waals surface area contributed by atoms with Gasteiger partial charge in [0.05, 0.1) is 41.3 Å². The van der Waals surface area contributed by atoms with Crippen LogP contribution in [0.5, 0.6) is 5.75 Å². The number of ether oxygens (including phenoxy) is 2. The van der Waals surface area contributed by atoms with E-state index >= 15 is 8.78 Å². The van der Waals surface area contributed by atoms with E-state index < -0.39 is 36.1 Å². The number of amides is 5. The van der Waals surface area contributed by atoms with Crippen LogP contribution in [0, 0.1) is 0 Å². The zero-order chi connectivity index (χ0) is 44.7. The smallest absolute Gasteiger partial charge is 0.265 e. The van der Waals surface area contributed by atoms with Crippen LogP contribution in [0.25, 0.3) is 0 Å². The Kier molecular flexibility index (Phi) is 10.2. The lowest BCUT2D eigenvalue weighted by Gasteiger charge is -2.48. The van der Waals surface area contributed by atoms with Gasteiger partial charge < -0.3 is 24.2 Å². The molecule has 9 heterocycles. The van der Waals surface area contributed by atoms with Crippen molar-refractivity contribution in [1.29, 1.82) is 0 Å². The third-order valence-corrected chi connectivity index (χ3v) is 14.4. The molecule has 1 spiro atoms. The number of fused-ring (bicyclic) bond motifs is 5. The number of pyridine rings is 1. The maximum absolute atomic E-state index is 15.5. The van der Waals surface area contributed by atoms with Crippen LogP contribution >= 0.6 is 0 Å². The number of likely N-dealkylation sites (tertiary alicyclic amines) is 1. The van der Waals surface area contributed by atoms with Crippen molar-refractivity contribution >= 4 is 52.4 Å². The minimum Gasteiger partial charge on any atom is -0.492 e. The highest BCUT2D eigenvalue weighted by Crippen LogP contribution is 2.52. The molecule has 3 fully saturated rings. The van der Waals surface area contributed by atoms with Crippen LogP contribution in [0.15, 0.2) is 48.8 Å². The number of halogens is 2. The number of nitrogens with one attached hydrogen (secondary N) is 1. The van der Waals surface area contributed by atoms with Crippen molar-refractivity contribution < 1.29 is 42.2 Å². The third-order valence-electron chi connectivity index (χ3n) is 14.4. The summed E-state index contributed by atoms with van der Waals surface area (Å²) in [6.45, 7) is 7.27. The number of carbonyl (C=O) groups excluding carboxylic acids is 5. The maximum atomic E-state index is 15.5. The van der Waals surface area contributed by atoms with Crippen LogP contribution in [0.1, 0.15) is 100 Å². The predicted octanol–water partition coefficient (Wildman–Crippen LogP) is 4.74. The zero-order valence-corrected chi connectivity index (χ0v) is 36.1. The van der Waals surface area contributed by atoms with Crippen LogP contribution in [-0.4, -0.2) is 124 Å². The van der Waals surface area contributed by atoms with E-state index in [2.05, 4.69) is 24.8 Å². The number of imide groups is 2. The first-order chi connectivity index (χ1) is 31.5. The summed E-state index contributed by atoms with van der Waals surface area (Å²) in [6.07, 6.45) is 4.81. The average Bonchev–Trinajstić information content (AvgIpc) is 3.93. The first-order valence-electron chi connectivity index (χ1n) is 22.6. The van der Waals surface area contributed by atoms with E-state index in [0.29, 0.717) is 83.5 Å². The molecule has 18 heteroatoms. The summed E-state index contributed by atoms with van der Waals surface area (Å²) in [4.78, 5) is 76.8. The molecule has 2 aromatic heterocycles. The van der Waals surface area contributed by atoms with E-state index in [4.69, 9.17) is 14.6 Å². The molecule has 0 saturated carbocycles. The Balaban J connectivity index is 0.809. The molecule has 0 bridgehead atoms. The highest BCUT2D eigenvalue weighted by atomic mass is 19.3. The molecule has 338 valence electrons. The number of benzene rings is 2. The number of nitrogens with zero attached hydrogens (tertiary/aromatic N) is 8. The van der Waals surface area contributed by atoms with Gasteiger partial charge in [0.25, 0.3) is 18.2 Å². The van der Waals surface area contributed by atoms with Crippen LogP contribution in [0.3, 0.4) is 0 Å². The lowest BCUT2D eigenvalue weighted by atomic mass is 9.75. The number of aryl methyl sites for hydroxylation is 1. The number of hydrogen-bond acceptors (Lipinski definition) is 12. The molecule has 7 aliphatic heterocycles. The minimum atomic E-state index is -2.75. The number of alkyl halides is 2. The number of hydrogen-bond donors (Lipinski definition) is 1. The Morgan fingerprint density at radius 2 is 1.74 bits per heavy atom. The molecule has 2 aromatic carbocycles. The SMILES string of the molecule is CC(=O)N1CCc2c(c(N3CCCc4cc(N5CC6(CN(CCOc7ccc8c(c7)C(=O)N(C7CCC(=O)NC7=O)C8=O)C6)c6ccncc65)c(C(F)F)cc43)nn2C2CCOCC2)C1. The summed E-state index contributed by atoms with van der Waals surface area (Å²) in [7, 11) is 0. The fourth-order valence-corrected chi connectivity index (χ4v) is 11.2. The second-order valence-electron chi connectivity index (χ2n) is 18.3. The van der Waals surface area contributed by atoms with Gasteiger partial charge in [0.15, 0.2) is 5.82 Å². The van der Waals surface area contributed by atoms with E-state index in [0.717, 1.165) is 70.2 Å². The largest absolute Gasteiger partial charge is 0.492 e. The van der Waals surface area contributed by atoms with E-state index in [9.17, 15) is 24.0 Å². The van der Waals surface area contributed by atoms with Crippen LogP contribution < -0.4 is 19.9 Å². The summed E-state index contributed by atoms with van der Waals surface area (Å²) >= 11 is 0. The summed E-state index contributed by atoms with van der Waals surface area (Å²) < 4.78 is 44.8. The number of aromatic nitrogens is 3. The molecule has 4 aromatic rings. The average molecular weight is 890 g/mol. The third kappa shape index (κ3) is 6.94. The summed E-state index contributed by atoms with van der Waals surface area (Å²) in [5.74, 6) is -1.12. The van der Waals surface area contributed by atoms with Crippen molar-refractivity contribution in [2.24, 2.45) is 0 Å². The van der Waals surface area contributed by atoms with Gasteiger partial charge in [-0.15, -0.1) is 0 Å². The van der Waals surface area contributed by atoms with Gasteiger partial charge in [0.2, 0.25) is 17.7 Å². The van der Waals surface area contributed by atoms with Gasteiger partial charge in [-0.1, -0.05) is 0 Å². The monoisotopic (exact) mass is 889 g/mol. The van der Waals surface area contributed by atoms with E-state index in [-0.39, 0.29) is 46.9 Å². The van der Waals surface area contributed by atoms with Gasteiger partial charge in [-0.3, -0.25) is 48.8 Å². The van der Waals surface area contributed by atoms with Crippen molar-refractivity contribution in [3.8, 4) is 5.75 Å². The molecule has 7 aliphatic rings. The second-order valence-corrected chi connectivity index (χ2v) is 18.3. The molecule has 1 atom stereocenters. The number of rotatable bonds is 9. The minimum absolute atomic E-state index is 0.00122. The van der Waals surface area contributed by atoms with Crippen molar-refractivity contribution in [2.75, 3.05) is 68.9 Å². The molecule has 1 unspecified atom stereocenters. The summed E-state index contributed by atoms with van der Waals surface area (Å²) in [6, 6.07) is 9.41. The van der Waals surface area contributed by atoms with Gasteiger partial charge in [-0.25, -0.2) is 8.78 Å². The van der Waals surface area contributed by atoms with Gasteiger partial charge >= 0.3 is 0 Å².